The molecule has 0 bridgehead atoms. The van der Waals surface area contributed by atoms with Crippen LogP contribution in [-0.4, -0.2) is 30.9 Å². The fourth-order valence-electron chi connectivity index (χ4n) is 2.27. The molecular formula is C13H11Cl2NO5S. The van der Waals surface area contributed by atoms with Crippen molar-refractivity contribution in [2.75, 3.05) is 16.6 Å². The van der Waals surface area contributed by atoms with E-state index in [1.165, 1.54) is 18.2 Å². The lowest BCUT2D eigenvalue weighted by atomic mass is 10.1. The Bertz CT molecular complexity index is 846. The molecule has 1 aromatic heterocycles. The standard InChI is InChI=1S/C13H11Cl2NO5S/c14-8-3-2-7(6-9(8)15)12-10(17)11(18)13(21-12)16-4-1-5-22(16,19)20/h2-3,6,17-18H,1,4-5H2. The van der Waals surface area contributed by atoms with Gasteiger partial charge in [0, 0.05) is 12.1 Å². The fraction of sp³-hybridized carbons (Fsp3) is 0.231. The molecule has 1 aliphatic heterocycles. The number of halogens is 2. The number of furan rings is 1. The number of anilines is 1. The van der Waals surface area contributed by atoms with E-state index in [1.807, 2.05) is 0 Å². The predicted molar refractivity (Wildman–Crippen MR) is 83.2 cm³/mol. The quantitative estimate of drug-likeness (QED) is 0.854. The van der Waals surface area contributed by atoms with Crippen molar-refractivity contribution in [3.05, 3.63) is 28.2 Å². The van der Waals surface area contributed by atoms with Crippen LogP contribution in [0.15, 0.2) is 22.6 Å². The molecule has 6 nitrogen and oxygen atoms in total. The van der Waals surface area contributed by atoms with E-state index in [0.717, 1.165) is 4.31 Å². The summed E-state index contributed by atoms with van der Waals surface area (Å²) in [6.07, 6.45) is 0.422. The largest absolute Gasteiger partial charge is 0.502 e. The van der Waals surface area contributed by atoms with Crippen LogP contribution in [0.4, 0.5) is 5.88 Å². The normalized spacial score (nSPS) is 17.1. The van der Waals surface area contributed by atoms with Gasteiger partial charge >= 0.3 is 0 Å². The van der Waals surface area contributed by atoms with Gasteiger partial charge in [-0.1, -0.05) is 23.2 Å². The highest BCUT2D eigenvalue weighted by Gasteiger charge is 2.35. The van der Waals surface area contributed by atoms with Crippen LogP contribution in [0.2, 0.25) is 10.0 Å². The van der Waals surface area contributed by atoms with Gasteiger partial charge in [0.25, 0.3) is 5.88 Å². The van der Waals surface area contributed by atoms with Crippen molar-refractivity contribution in [3.8, 4) is 22.8 Å². The third-order valence-electron chi connectivity index (χ3n) is 3.35. The molecule has 0 saturated carbocycles. The van der Waals surface area contributed by atoms with Crippen LogP contribution in [0.3, 0.4) is 0 Å². The average Bonchev–Trinajstić information content (AvgIpc) is 2.94. The average molecular weight is 364 g/mol. The first-order valence-corrected chi connectivity index (χ1v) is 8.68. The van der Waals surface area contributed by atoms with Gasteiger partial charge in [-0.25, -0.2) is 12.7 Å². The maximum absolute atomic E-state index is 11.9. The van der Waals surface area contributed by atoms with Gasteiger partial charge in [-0.2, -0.15) is 0 Å². The Labute approximate surface area is 136 Å². The Morgan fingerprint density at radius 3 is 2.45 bits per heavy atom. The third kappa shape index (κ3) is 2.39. The predicted octanol–water partition coefficient (Wildman–Crippen LogP) is 3.20. The van der Waals surface area contributed by atoms with Gasteiger partial charge in [0.2, 0.25) is 21.5 Å². The molecule has 2 N–H and O–H groups in total. The second kappa shape index (κ2) is 5.26. The SMILES string of the molecule is O=S1(=O)CCCN1c1oc(-c2ccc(Cl)c(Cl)c2)c(O)c1O. The zero-order valence-electron chi connectivity index (χ0n) is 11.1. The number of hydrogen-bond acceptors (Lipinski definition) is 5. The molecule has 1 saturated heterocycles. The van der Waals surface area contributed by atoms with E-state index in [4.69, 9.17) is 27.6 Å². The minimum atomic E-state index is -3.54. The topological polar surface area (TPSA) is 91.0 Å². The number of rotatable bonds is 2. The van der Waals surface area contributed by atoms with Crippen LogP contribution in [-0.2, 0) is 10.0 Å². The molecule has 22 heavy (non-hydrogen) atoms. The summed E-state index contributed by atoms with van der Waals surface area (Å²) in [5.41, 5.74) is 0.366. The van der Waals surface area contributed by atoms with Crippen molar-refractivity contribution in [1.29, 1.82) is 0 Å². The van der Waals surface area contributed by atoms with Crippen LogP contribution in [0.1, 0.15) is 6.42 Å². The van der Waals surface area contributed by atoms with Gasteiger partial charge in [-0.15, -0.1) is 0 Å². The summed E-state index contributed by atoms with van der Waals surface area (Å²) in [7, 11) is -3.54. The monoisotopic (exact) mass is 363 g/mol. The minimum Gasteiger partial charge on any atom is -0.502 e. The molecule has 1 aromatic carbocycles. The number of nitrogens with zero attached hydrogens (tertiary/aromatic N) is 1. The highest BCUT2D eigenvalue weighted by Crippen LogP contribution is 2.48. The van der Waals surface area contributed by atoms with Crippen LogP contribution in [0.5, 0.6) is 11.5 Å². The lowest BCUT2D eigenvalue weighted by Crippen LogP contribution is -2.24. The summed E-state index contributed by atoms with van der Waals surface area (Å²) >= 11 is 11.7. The van der Waals surface area contributed by atoms with E-state index in [-0.39, 0.29) is 29.0 Å². The maximum atomic E-state index is 11.9. The highest BCUT2D eigenvalue weighted by atomic mass is 35.5. The molecule has 0 spiro atoms. The minimum absolute atomic E-state index is 0.0317. The number of sulfonamides is 1. The lowest BCUT2D eigenvalue weighted by Gasteiger charge is -2.12. The summed E-state index contributed by atoms with van der Waals surface area (Å²) in [6, 6.07) is 4.49. The van der Waals surface area contributed by atoms with E-state index in [9.17, 15) is 18.6 Å². The van der Waals surface area contributed by atoms with Gasteiger partial charge in [0.15, 0.2) is 5.76 Å². The Balaban J connectivity index is 2.12. The Hall–Kier alpha value is -1.57. The molecule has 1 aliphatic rings. The molecule has 0 unspecified atom stereocenters. The molecule has 0 aliphatic carbocycles. The van der Waals surface area contributed by atoms with Crippen LogP contribution >= 0.6 is 23.2 Å². The Morgan fingerprint density at radius 1 is 1.14 bits per heavy atom. The van der Waals surface area contributed by atoms with Gasteiger partial charge < -0.3 is 14.6 Å². The molecule has 1 fully saturated rings. The van der Waals surface area contributed by atoms with Crippen molar-refractivity contribution in [2.45, 2.75) is 6.42 Å². The zero-order chi connectivity index (χ0) is 16.1. The van der Waals surface area contributed by atoms with Crippen molar-refractivity contribution in [3.63, 3.8) is 0 Å². The van der Waals surface area contributed by atoms with Crippen LogP contribution < -0.4 is 4.31 Å². The molecule has 118 valence electrons. The first-order valence-electron chi connectivity index (χ1n) is 6.32. The van der Waals surface area contributed by atoms with Gasteiger partial charge in [0.1, 0.15) is 0 Å². The van der Waals surface area contributed by atoms with Gasteiger partial charge in [-0.3, -0.25) is 0 Å². The summed E-state index contributed by atoms with van der Waals surface area (Å²) < 4.78 is 30.1. The van der Waals surface area contributed by atoms with Gasteiger partial charge in [0.05, 0.1) is 15.8 Å². The maximum Gasteiger partial charge on any atom is 0.256 e. The summed E-state index contributed by atoms with van der Waals surface area (Å²) in [5.74, 6) is -1.57. The highest BCUT2D eigenvalue weighted by molar-refractivity contribution is 7.93. The smallest absolute Gasteiger partial charge is 0.256 e. The number of hydrogen-bond donors (Lipinski definition) is 2. The Kier molecular flexibility index (Phi) is 3.66. The first kappa shape index (κ1) is 15.3. The van der Waals surface area contributed by atoms with Crippen molar-refractivity contribution in [1.82, 2.24) is 0 Å². The van der Waals surface area contributed by atoms with E-state index in [0.29, 0.717) is 17.0 Å². The van der Waals surface area contributed by atoms with Crippen LogP contribution in [0, 0.1) is 0 Å². The van der Waals surface area contributed by atoms with E-state index in [2.05, 4.69) is 0 Å². The van der Waals surface area contributed by atoms with Crippen LogP contribution in [0.25, 0.3) is 11.3 Å². The van der Waals surface area contributed by atoms with Gasteiger partial charge in [-0.05, 0) is 24.6 Å². The summed E-state index contributed by atoms with van der Waals surface area (Å²) in [4.78, 5) is 0. The fourth-order valence-corrected chi connectivity index (χ4v) is 4.07. The first-order chi connectivity index (χ1) is 10.3. The molecule has 2 aromatic rings. The Morgan fingerprint density at radius 2 is 1.86 bits per heavy atom. The summed E-state index contributed by atoms with van der Waals surface area (Å²) in [5, 5.41) is 20.6. The molecule has 0 radical (unpaired) electrons. The third-order valence-corrected chi connectivity index (χ3v) is 5.91. The molecule has 2 heterocycles. The molecular weight excluding hydrogens is 353 g/mol. The van der Waals surface area contributed by atoms with Crippen molar-refractivity contribution in [2.24, 2.45) is 0 Å². The van der Waals surface area contributed by atoms with E-state index >= 15 is 0 Å². The lowest BCUT2D eigenvalue weighted by molar-refractivity contribution is 0.409. The summed E-state index contributed by atoms with van der Waals surface area (Å²) in [6.45, 7) is 0.184. The van der Waals surface area contributed by atoms with E-state index in [1.54, 1.807) is 0 Å². The van der Waals surface area contributed by atoms with Crippen molar-refractivity contribution < 1.29 is 23.0 Å². The number of benzene rings is 1. The van der Waals surface area contributed by atoms with E-state index < -0.39 is 21.5 Å². The second-order valence-corrected chi connectivity index (χ2v) is 7.63. The zero-order valence-corrected chi connectivity index (χ0v) is 13.4. The second-order valence-electron chi connectivity index (χ2n) is 4.80. The molecule has 9 heteroatoms. The molecule has 0 atom stereocenters. The molecule has 0 amide bonds. The molecule has 3 rings (SSSR count). The number of aromatic hydroxyl groups is 2. The van der Waals surface area contributed by atoms with Crippen molar-refractivity contribution >= 4 is 39.1 Å².